The van der Waals surface area contributed by atoms with Gasteiger partial charge in [-0.2, -0.15) is 0 Å². The van der Waals surface area contributed by atoms with E-state index in [1.165, 1.54) is 0 Å². The van der Waals surface area contributed by atoms with Crippen molar-refractivity contribution in [2.75, 3.05) is 13.2 Å². The first-order valence-electron chi connectivity index (χ1n) is 6.61. The van der Waals surface area contributed by atoms with E-state index >= 15 is 0 Å². The number of rotatable bonds is 6. The molecule has 0 radical (unpaired) electrons. The van der Waals surface area contributed by atoms with Crippen molar-refractivity contribution in [2.45, 2.75) is 58.9 Å². The van der Waals surface area contributed by atoms with Gasteiger partial charge in [0.1, 0.15) is 0 Å². The van der Waals surface area contributed by atoms with Crippen molar-refractivity contribution in [2.24, 2.45) is 11.7 Å². The highest BCUT2D eigenvalue weighted by Crippen LogP contribution is 2.38. The molecular weight excluding hydrogens is 246 g/mol. The first kappa shape index (κ1) is 17.6. The van der Waals surface area contributed by atoms with E-state index in [0.717, 1.165) is 0 Å². The zero-order valence-electron chi connectivity index (χ0n) is 12.9. The van der Waals surface area contributed by atoms with Crippen molar-refractivity contribution in [1.29, 1.82) is 0 Å². The monoisotopic (exact) mass is 275 g/mol. The Morgan fingerprint density at radius 2 is 1.83 bits per heavy atom. The molecule has 0 bridgehead atoms. The minimum Gasteiger partial charge on any atom is -0.466 e. The summed E-state index contributed by atoms with van der Waals surface area (Å²) in [6, 6.07) is 0. The Bertz CT molecular complexity index is 274. The molecule has 108 valence electrons. The first-order chi connectivity index (χ1) is 8.06. The Labute approximate surface area is 112 Å². The highest BCUT2D eigenvalue weighted by molar-refractivity contribution is 6.74. The van der Waals surface area contributed by atoms with E-state index in [4.69, 9.17) is 14.9 Å². The van der Waals surface area contributed by atoms with Crippen LogP contribution in [0.4, 0.5) is 0 Å². The lowest BCUT2D eigenvalue weighted by Gasteiger charge is -2.39. The van der Waals surface area contributed by atoms with E-state index in [9.17, 15) is 4.79 Å². The molecule has 0 fully saturated rings. The highest BCUT2D eigenvalue weighted by Gasteiger charge is 2.40. The van der Waals surface area contributed by atoms with Gasteiger partial charge in [0.15, 0.2) is 8.32 Å². The van der Waals surface area contributed by atoms with Crippen LogP contribution in [-0.4, -0.2) is 33.5 Å². The van der Waals surface area contributed by atoms with Crippen LogP contribution < -0.4 is 5.73 Å². The topological polar surface area (TPSA) is 61.5 Å². The minimum absolute atomic E-state index is 0.120. The van der Waals surface area contributed by atoms with Crippen molar-refractivity contribution < 1.29 is 14.0 Å². The summed E-state index contributed by atoms with van der Waals surface area (Å²) in [6.45, 7) is 15.2. The summed E-state index contributed by atoms with van der Waals surface area (Å²) in [6.07, 6.45) is -0.199. The Hall–Kier alpha value is -0.393. The molecule has 0 heterocycles. The van der Waals surface area contributed by atoms with Crippen LogP contribution in [0.5, 0.6) is 0 Å². The SMILES string of the molecule is CCOC(=O)[C@@H](CN)[C@@H](C)O[Si](C)(C)C(C)(C)C. The van der Waals surface area contributed by atoms with Crippen LogP contribution in [0.15, 0.2) is 0 Å². The van der Waals surface area contributed by atoms with Crippen LogP contribution >= 0.6 is 0 Å². The van der Waals surface area contributed by atoms with Crippen molar-refractivity contribution in [3.63, 3.8) is 0 Å². The fourth-order valence-electron chi connectivity index (χ4n) is 1.45. The second-order valence-electron chi connectivity index (χ2n) is 6.18. The Morgan fingerprint density at radius 1 is 1.33 bits per heavy atom. The third kappa shape index (κ3) is 4.70. The largest absolute Gasteiger partial charge is 0.466 e. The molecule has 0 amide bonds. The maximum Gasteiger partial charge on any atom is 0.312 e. The fraction of sp³-hybridized carbons (Fsp3) is 0.923. The lowest BCUT2D eigenvalue weighted by atomic mass is 10.1. The molecule has 4 nitrogen and oxygen atoms in total. The van der Waals surface area contributed by atoms with E-state index in [1.54, 1.807) is 6.92 Å². The minimum atomic E-state index is -1.88. The predicted molar refractivity (Wildman–Crippen MR) is 76.9 cm³/mol. The third-order valence-corrected chi connectivity index (χ3v) is 8.27. The molecule has 2 N–H and O–H groups in total. The molecule has 0 aromatic heterocycles. The van der Waals surface area contributed by atoms with Crippen LogP contribution in [0.1, 0.15) is 34.6 Å². The summed E-state index contributed by atoms with van der Waals surface area (Å²) in [5.74, 6) is -0.634. The van der Waals surface area contributed by atoms with Gasteiger partial charge in [-0.15, -0.1) is 0 Å². The van der Waals surface area contributed by atoms with Crippen LogP contribution in [0.25, 0.3) is 0 Å². The first-order valence-corrected chi connectivity index (χ1v) is 9.52. The van der Waals surface area contributed by atoms with Gasteiger partial charge in [-0.25, -0.2) is 0 Å². The second kappa shape index (κ2) is 6.68. The summed E-state index contributed by atoms with van der Waals surface area (Å²) < 4.78 is 11.2. The Balaban J connectivity index is 4.72. The molecule has 5 heteroatoms. The van der Waals surface area contributed by atoms with Crippen LogP contribution in [0, 0.1) is 5.92 Å². The van der Waals surface area contributed by atoms with E-state index < -0.39 is 8.32 Å². The quantitative estimate of drug-likeness (QED) is 0.598. The van der Waals surface area contributed by atoms with Crippen molar-refractivity contribution in [3.8, 4) is 0 Å². The lowest BCUT2D eigenvalue weighted by Crippen LogP contribution is -2.47. The molecule has 0 aliphatic carbocycles. The zero-order chi connectivity index (χ0) is 14.6. The van der Waals surface area contributed by atoms with Gasteiger partial charge >= 0.3 is 5.97 Å². The number of carbonyl (C=O) groups is 1. The van der Waals surface area contributed by atoms with Gasteiger partial charge in [0, 0.05) is 6.54 Å². The maximum absolute atomic E-state index is 11.8. The fourth-order valence-corrected chi connectivity index (χ4v) is 2.90. The molecule has 0 aliphatic rings. The number of ether oxygens (including phenoxy) is 1. The highest BCUT2D eigenvalue weighted by atomic mass is 28.4. The van der Waals surface area contributed by atoms with Crippen molar-refractivity contribution >= 4 is 14.3 Å². The molecule has 0 aliphatic heterocycles. The van der Waals surface area contributed by atoms with Crippen LogP contribution in [0.3, 0.4) is 0 Å². The second-order valence-corrected chi connectivity index (χ2v) is 10.9. The summed E-state index contributed by atoms with van der Waals surface area (Å²) in [4.78, 5) is 11.8. The summed E-state index contributed by atoms with van der Waals surface area (Å²) in [5, 5.41) is 0.120. The van der Waals surface area contributed by atoms with E-state index in [-0.39, 0.29) is 29.6 Å². The van der Waals surface area contributed by atoms with Gasteiger partial charge < -0.3 is 14.9 Å². The normalized spacial score (nSPS) is 16.2. The van der Waals surface area contributed by atoms with Gasteiger partial charge in [-0.1, -0.05) is 20.8 Å². The number of carbonyl (C=O) groups excluding carboxylic acids is 1. The van der Waals surface area contributed by atoms with Crippen LogP contribution in [0.2, 0.25) is 18.1 Å². The van der Waals surface area contributed by atoms with Crippen molar-refractivity contribution in [3.05, 3.63) is 0 Å². The molecule has 18 heavy (non-hydrogen) atoms. The predicted octanol–water partition coefficient (Wildman–Crippen LogP) is 2.53. The van der Waals surface area contributed by atoms with Gasteiger partial charge in [0.25, 0.3) is 0 Å². The third-order valence-electron chi connectivity index (χ3n) is 3.70. The van der Waals surface area contributed by atoms with E-state index in [0.29, 0.717) is 6.61 Å². The van der Waals surface area contributed by atoms with Gasteiger partial charge in [0.05, 0.1) is 18.6 Å². The molecule has 0 aromatic rings. The number of hydrogen-bond acceptors (Lipinski definition) is 4. The molecule has 0 saturated heterocycles. The van der Waals surface area contributed by atoms with Gasteiger partial charge in [-0.05, 0) is 32.0 Å². The number of nitrogens with two attached hydrogens (primary N) is 1. The molecule has 0 saturated carbocycles. The van der Waals surface area contributed by atoms with E-state index in [1.807, 2.05) is 6.92 Å². The molecule has 0 aromatic carbocycles. The van der Waals surface area contributed by atoms with Crippen LogP contribution in [-0.2, 0) is 14.0 Å². The molecular formula is C13H29NO3Si. The summed E-state index contributed by atoms with van der Waals surface area (Å²) in [7, 11) is -1.88. The standard InChI is InChI=1S/C13H29NO3Si/c1-8-16-12(15)11(9-14)10(2)17-18(6,7)13(3,4)5/h10-11H,8-9,14H2,1-7H3/t10-,11+/m1/s1. The number of hydrogen-bond donors (Lipinski definition) is 1. The summed E-state index contributed by atoms with van der Waals surface area (Å²) in [5.41, 5.74) is 5.67. The Kier molecular flexibility index (Phi) is 6.53. The molecule has 2 atom stereocenters. The molecule has 0 spiro atoms. The molecule has 0 unspecified atom stereocenters. The van der Waals surface area contributed by atoms with Gasteiger partial charge in [0.2, 0.25) is 0 Å². The smallest absolute Gasteiger partial charge is 0.312 e. The van der Waals surface area contributed by atoms with E-state index in [2.05, 4.69) is 33.9 Å². The Morgan fingerprint density at radius 3 is 2.17 bits per heavy atom. The average molecular weight is 275 g/mol. The average Bonchev–Trinajstić information content (AvgIpc) is 2.16. The number of esters is 1. The maximum atomic E-state index is 11.8. The zero-order valence-corrected chi connectivity index (χ0v) is 13.9. The lowest BCUT2D eigenvalue weighted by molar-refractivity contribution is -0.150. The van der Waals surface area contributed by atoms with Crippen molar-refractivity contribution in [1.82, 2.24) is 0 Å². The summed E-state index contributed by atoms with van der Waals surface area (Å²) >= 11 is 0. The van der Waals surface area contributed by atoms with Gasteiger partial charge in [-0.3, -0.25) is 4.79 Å². The molecule has 0 rings (SSSR count).